The summed E-state index contributed by atoms with van der Waals surface area (Å²) in [4.78, 5) is 41.1. The van der Waals surface area contributed by atoms with E-state index in [-0.39, 0.29) is 56.6 Å². The summed E-state index contributed by atoms with van der Waals surface area (Å²) < 4.78 is 5.44. The Balaban J connectivity index is 1.51. The largest absolute Gasteiger partial charge is 0.469 e. The lowest BCUT2D eigenvalue weighted by Gasteiger charge is -2.69. The zero-order valence-corrected chi connectivity index (χ0v) is 23.8. The monoisotopic (exact) mass is 494 g/mol. The molecule has 0 N–H and O–H groups in total. The van der Waals surface area contributed by atoms with Crippen LogP contribution in [0.2, 0.25) is 0 Å². The van der Waals surface area contributed by atoms with Gasteiger partial charge in [-0.15, -0.1) is 0 Å². The molecule has 0 saturated heterocycles. The molecule has 0 aromatic heterocycles. The molecule has 2 unspecified atom stereocenters. The molecule has 36 heavy (non-hydrogen) atoms. The highest BCUT2D eigenvalue weighted by atomic mass is 16.5. The van der Waals surface area contributed by atoms with Gasteiger partial charge in [0, 0.05) is 17.3 Å². The Morgan fingerprint density at radius 2 is 1.58 bits per heavy atom. The number of fused-ring (bicyclic) bond motifs is 9. The van der Waals surface area contributed by atoms with Crippen LogP contribution >= 0.6 is 0 Å². The van der Waals surface area contributed by atoms with Crippen LogP contribution in [0.25, 0.3) is 0 Å². The molecule has 4 nitrogen and oxygen atoms in total. The van der Waals surface area contributed by atoms with Gasteiger partial charge < -0.3 is 4.74 Å². The highest BCUT2D eigenvalue weighted by molar-refractivity contribution is 5.97. The number of methoxy groups -OCH3 is 1. The third-order valence-corrected chi connectivity index (χ3v) is 13.6. The SMILES string of the molecule is COC(=O)[C@]12CCC(C)(C)CC1C1C(=O)C=C3[C@@]4(C)[C@H]5C[C@H]5C(=O)C(C)(C)[C@@H]4CC[C@@]3(C)[C@]1(C)CC2. The molecule has 0 bridgehead atoms. The van der Waals surface area contributed by atoms with Crippen molar-refractivity contribution in [1.29, 1.82) is 0 Å². The quantitative estimate of drug-likeness (QED) is 0.387. The van der Waals surface area contributed by atoms with Gasteiger partial charge in [0.1, 0.15) is 5.78 Å². The lowest BCUT2D eigenvalue weighted by atomic mass is 9.33. The highest BCUT2D eigenvalue weighted by Crippen LogP contribution is 2.78. The molecule has 4 heteroatoms. The fraction of sp³-hybridized carbons (Fsp3) is 0.844. The van der Waals surface area contributed by atoms with Crippen molar-refractivity contribution >= 4 is 17.5 Å². The molecule has 9 atom stereocenters. The lowest BCUT2D eigenvalue weighted by Crippen LogP contribution is -2.66. The maximum Gasteiger partial charge on any atom is 0.312 e. The number of allylic oxidation sites excluding steroid dienone is 2. The Hall–Kier alpha value is -1.45. The number of Topliss-reactive ketones (excluding diaryl/α,β-unsaturated/α-hetero) is 1. The topological polar surface area (TPSA) is 60.4 Å². The molecule has 6 aliphatic rings. The van der Waals surface area contributed by atoms with Gasteiger partial charge in [0.15, 0.2) is 5.78 Å². The molecule has 6 aliphatic carbocycles. The standard InChI is InChI=1S/C32H46O4/c1-27(2)11-13-32(26(35)36-8)14-12-30(6)24(20(32)17-27)21(33)16-23-29(30,5)10-9-22-28(3,4)25(34)18-15-19(18)31(22,23)7/h16,18-20,22,24H,9-15,17H2,1-8H3/t18-,19+,20?,22+,24?,29-,30-,31+,32+/m1/s1. The molecule has 0 radical (unpaired) electrons. The summed E-state index contributed by atoms with van der Waals surface area (Å²) in [5.41, 5.74) is 0.219. The average Bonchev–Trinajstić information content (AvgIpc) is 3.60. The zero-order chi connectivity index (χ0) is 26.3. The van der Waals surface area contributed by atoms with Crippen LogP contribution in [-0.4, -0.2) is 24.6 Å². The van der Waals surface area contributed by atoms with E-state index >= 15 is 0 Å². The molecule has 0 aromatic carbocycles. The Bertz CT molecular complexity index is 1100. The van der Waals surface area contributed by atoms with E-state index in [1.54, 1.807) is 0 Å². The number of carbonyl (C=O) groups excluding carboxylic acids is 3. The predicted molar refractivity (Wildman–Crippen MR) is 139 cm³/mol. The lowest BCUT2D eigenvalue weighted by molar-refractivity contribution is -0.193. The normalized spacial score (nSPS) is 52.0. The number of esters is 1. The molecular weight excluding hydrogens is 448 g/mol. The van der Waals surface area contributed by atoms with Crippen LogP contribution in [0.5, 0.6) is 0 Å². The number of carbonyl (C=O) groups is 3. The van der Waals surface area contributed by atoms with E-state index in [0.717, 1.165) is 51.4 Å². The summed E-state index contributed by atoms with van der Waals surface area (Å²) in [6.07, 6.45) is 9.55. The summed E-state index contributed by atoms with van der Waals surface area (Å²) in [7, 11) is 1.52. The van der Waals surface area contributed by atoms with Gasteiger partial charge in [-0.3, -0.25) is 14.4 Å². The first-order valence-electron chi connectivity index (χ1n) is 14.5. The Morgan fingerprint density at radius 3 is 2.25 bits per heavy atom. The third kappa shape index (κ3) is 2.65. The van der Waals surface area contributed by atoms with E-state index in [0.29, 0.717) is 17.6 Å². The number of ether oxygens (including phenoxy) is 1. The second-order valence-corrected chi connectivity index (χ2v) is 15.7. The molecule has 0 aromatic rings. The first kappa shape index (κ1) is 24.9. The van der Waals surface area contributed by atoms with Crippen molar-refractivity contribution in [2.75, 3.05) is 7.11 Å². The van der Waals surface area contributed by atoms with Crippen molar-refractivity contribution < 1.29 is 19.1 Å². The van der Waals surface area contributed by atoms with Crippen LogP contribution in [0.1, 0.15) is 99.8 Å². The summed E-state index contributed by atoms with van der Waals surface area (Å²) >= 11 is 0. The van der Waals surface area contributed by atoms with E-state index in [1.807, 2.05) is 0 Å². The fourth-order valence-electron chi connectivity index (χ4n) is 11.3. The van der Waals surface area contributed by atoms with Crippen LogP contribution in [0.3, 0.4) is 0 Å². The first-order chi connectivity index (χ1) is 16.6. The zero-order valence-electron chi connectivity index (χ0n) is 23.8. The number of rotatable bonds is 1. The van der Waals surface area contributed by atoms with Gasteiger partial charge in [0.05, 0.1) is 12.5 Å². The molecule has 0 aliphatic heterocycles. The fourth-order valence-corrected chi connectivity index (χ4v) is 11.3. The van der Waals surface area contributed by atoms with Crippen molar-refractivity contribution in [3.8, 4) is 0 Å². The number of hydrogen-bond acceptors (Lipinski definition) is 4. The number of hydrogen-bond donors (Lipinski definition) is 0. The molecule has 0 amide bonds. The molecule has 5 saturated carbocycles. The van der Waals surface area contributed by atoms with Gasteiger partial charge in [0.2, 0.25) is 0 Å². The average molecular weight is 495 g/mol. The highest BCUT2D eigenvalue weighted by Gasteiger charge is 2.75. The molecule has 0 spiro atoms. The Kier molecular flexibility index (Phi) is 4.80. The van der Waals surface area contributed by atoms with Crippen LogP contribution in [0, 0.1) is 62.1 Å². The van der Waals surface area contributed by atoms with E-state index in [1.165, 1.54) is 12.7 Å². The first-order valence-corrected chi connectivity index (χ1v) is 14.5. The maximum atomic E-state index is 14.4. The van der Waals surface area contributed by atoms with Crippen LogP contribution in [-0.2, 0) is 19.1 Å². The molecule has 5 fully saturated rings. The third-order valence-electron chi connectivity index (χ3n) is 13.6. The summed E-state index contributed by atoms with van der Waals surface area (Å²) in [6.45, 7) is 16.2. The van der Waals surface area contributed by atoms with Crippen molar-refractivity contribution in [2.24, 2.45) is 62.1 Å². The van der Waals surface area contributed by atoms with Crippen molar-refractivity contribution in [3.63, 3.8) is 0 Å². The minimum Gasteiger partial charge on any atom is -0.469 e. The predicted octanol–water partition coefficient (Wildman–Crippen LogP) is 6.57. The van der Waals surface area contributed by atoms with Gasteiger partial charge in [-0.25, -0.2) is 0 Å². The van der Waals surface area contributed by atoms with Gasteiger partial charge in [-0.2, -0.15) is 0 Å². The summed E-state index contributed by atoms with van der Waals surface area (Å²) in [6, 6.07) is 0. The molecular formula is C32H46O4. The van der Waals surface area contributed by atoms with E-state index in [4.69, 9.17) is 4.74 Å². The maximum absolute atomic E-state index is 14.4. The van der Waals surface area contributed by atoms with Gasteiger partial charge in [0.25, 0.3) is 0 Å². The van der Waals surface area contributed by atoms with Gasteiger partial charge in [-0.1, -0.05) is 54.0 Å². The smallest absolute Gasteiger partial charge is 0.312 e. The van der Waals surface area contributed by atoms with Crippen molar-refractivity contribution in [1.82, 2.24) is 0 Å². The van der Waals surface area contributed by atoms with Gasteiger partial charge in [-0.05, 0) is 96.9 Å². The summed E-state index contributed by atoms with van der Waals surface area (Å²) in [5.74, 6) is 1.33. The van der Waals surface area contributed by atoms with E-state index in [2.05, 4.69) is 54.5 Å². The molecule has 6 rings (SSSR count). The Labute approximate surface area is 217 Å². The molecule has 0 heterocycles. The Morgan fingerprint density at radius 1 is 0.917 bits per heavy atom. The molecule has 198 valence electrons. The van der Waals surface area contributed by atoms with Crippen LogP contribution < -0.4 is 0 Å². The van der Waals surface area contributed by atoms with Crippen LogP contribution in [0.15, 0.2) is 11.6 Å². The van der Waals surface area contributed by atoms with Crippen molar-refractivity contribution in [2.45, 2.75) is 99.8 Å². The second kappa shape index (κ2) is 6.94. The summed E-state index contributed by atoms with van der Waals surface area (Å²) in [5, 5.41) is 0. The van der Waals surface area contributed by atoms with E-state index in [9.17, 15) is 14.4 Å². The van der Waals surface area contributed by atoms with Crippen LogP contribution in [0.4, 0.5) is 0 Å². The van der Waals surface area contributed by atoms with Gasteiger partial charge >= 0.3 is 5.97 Å². The minimum absolute atomic E-state index is 0.0261. The number of ketones is 2. The van der Waals surface area contributed by atoms with E-state index < -0.39 is 5.41 Å². The van der Waals surface area contributed by atoms with Crippen molar-refractivity contribution in [3.05, 3.63) is 11.6 Å². The minimum atomic E-state index is -0.534. The second-order valence-electron chi connectivity index (χ2n) is 15.7.